The van der Waals surface area contributed by atoms with Crippen LogP contribution in [0.2, 0.25) is 0 Å². The van der Waals surface area contributed by atoms with Gasteiger partial charge in [0.25, 0.3) is 0 Å². The predicted octanol–water partition coefficient (Wildman–Crippen LogP) is 3.42. The van der Waals surface area contributed by atoms with Crippen molar-refractivity contribution in [2.24, 2.45) is 0 Å². The van der Waals surface area contributed by atoms with Crippen molar-refractivity contribution < 1.29 is 28.1 Å². The molecule has 0 atom stereocenters. The van der Waals surface area contributed by atoms with Crippen molar-refractivity contribution in [3.8, 4) is 28.9 Å². The predicted molar refractivity (Wildman–Crippen MR) is 80.7 cm³/mol. The highest BCUT2D eigenvalue weighted by atomic mass is 19.1. The summed E-state index contributed by atoms with van der Waals surface area (Å²) in [5.74, 6) is -2.91. The van der Waals surface area contributed by atoms with Gasteiger partial charge in [0.05, 0.1) is 25.1 Å². The lowest BCUT2D eigenvalue weighted by molar-refractivity contribution is 0.355. The van der Waals surface area contributed by atoms with E-state index in [0.29, 0.717) is 22.4 Å². The first-order valence-corrected chi connectivity index (χ1v) is 6.76. The molecule has 0 fully saturated rings. The molecule has 124 valence electrons. The van der Waals surface area contributed by atoms with E-state index in [1.165, 1.54) is 20.5 Å². The minimum Gasteiger partial charge on any atom is -0.503 e. The van der Waals surface area contributed by atoms with E-state index in [0.717, 1.165) is 12.1 Å². The molecule has 0 aliphatic heterocycles. The molecule has 24 heavy (non-hydrogen) atoms. The van der Waals surface area contributed by atoms with Crippen molar-refractivity contribution in [3.05, 3.63) is 42.2 Å². The highest BCUT2D eigenvalue weighted by molar-refractivity contribution is 5.87. The Bertz CT molecular complexity index is 918. The third-order valence-electron chi connectivity index (χ3n) is 3.34. The second-order valence-corrected chi connectivity index (χ2v) is 4.71. The van der Waals surface area contributed by atoms with Crippen LogP contribution >= 0.6 is 0 Å². The van der Waals surface area contributed by atoms with Crippen molar-refractivity contribution in [2.45, 2.75) is 0 Å². The molecule has 0 radical (unpaired) electrons. The van der Waals surface area contributed by atoms with Crippen LogP contribution in [0, 0.1) is 11.6 Å². The molecule has 3 rings (SSSR count). The molecule has 8 heteroatoms. The van der Waals surface area contributed by atoms with E-state index in [2.05, 4.69) is 9.97 Å². The molecule has 0 saturated carbocycles. The van der Waals surface area contributed by atoms with Gasteiger partial charge in [0.15, 0.2) is 28.8 Å². The maximum absolute atomic E-state index is 13.9. The Morgan fingerprint density at radius 2 is 1.67 bits per heavy atom. The summed E-state index contributed by atoms with van der Waals surface area (Å²) in [7, 11) is 2.95. The Kier molecular flexibility index (Phi) is 4.03. The number of aromatic nitrogens is 2. The average molecular weight is 334 g/mol. The molecule has 0 bridgehead atoms. The van der Waals surface area contributed by atoms with Gasteiger partial charge in [0.2, 0.25) is 11.7 Å². The molecular formula is C16H12F2N2O4. The molecule has 0 aliphatic rings. The summed E-state index contributed by atoms with van der Waals surface area (Å²) in [6.07, 6.45) is 1.23. The number of hydrogen-bond donors (Lipinski definition) is 1. The number of halogens is 2. The number of methoxy groups -OCH3 is 2. The Labute approximate surface area is 135 Å². The lowest BCUT2D eigenvalue weighted by Gasteiger charge is -2.12. The zero-order valence-corrected chi connectivity index (χ0v) is 12.7. The van der Waals surface area contributed by atoms with Gasteiger partial charge < -0.3 is 19.3 Å². The number of phenolic OH excluding ortho intramolecular Hbond substituents is 1. The summed E-state index contributed by atoms with van der Waals surface area (Å²) >= 11 is 0. The van der Waals surface area contributed by atoms with Crippen molar-refractivity contribution in [1.29, 1.82) is 0 Å². The number of benzene rings is 2. The van der Waals surface area contributed by atoms with E-state index >= 15 is 0 Å². The van der Waals surface area contributed by atoms with Crippen LogP contribution in [0.3, 0.4) is 0 Å². The van der Waals surface area contributed by atoms with Gasteiger partial charge in [-0.05, 0) is 18.2 Å². The summed E-state index contributed by atoms with van der Waals surface area (Å²) in [5, 5.41) is 9.76. The molecule has 3 aromatic rings. The fourth-order valence-corrected chi connectivity index (χ4v) is 2.15. The first-order valence-electron chi connectivity index (χ1n) is 6.76. The molecule has 0 saturated heterocycles. The second-order valence-electron chi connectivity index (χ2n) is 4.71. The topological polar surface area (TPSA) is 73.7 Å². The van der Waals surface area contributed by atoms with Crippen LogP contribution in [0.15, 0.2) is 30.6 Å². The zero-order valence-electron chi connectivity index (χ0n) is 12.7. The van der Waals surface area contributed by atoms with E-state index < -0.39 is 17.4 Å². The SMILES string of the molecule is COc1cc2ncnc(Oc3ccc(F)c(O)c3F)c2cc1OC. The maximum Gasteiger partial charge on any atom is 0.230 e. The number of fused-ring (bicyclic) bond motifs is 1. The molecule has 1 aromatic heterocycles. The molecule has 0 spiro atoms. The Hall–Kier alpha value is -3.16. The highest BCUT2D eigenvalue weighted by Gasteiger charge is 2.17. The molecule has 1 N–H and O–H groups in total. The largest absolute Gasteiger partial charge is 0.503 e. The molecule has 6 nitrogen and oxygen atoms in total. The van der Waals surface area contributed by atoms with Crippen molar-refractivity contribution in [1.82, 2.24) is 9.97 Å². The van der Waals surface area contributed by atoms with Gasteiger partial charge in [-0.25, -0.2) is 14.4 Å². The van der Waals surface area contributed by atoms with Gasteiger partial charge >= 0.3 is 0 Å². The van der Waals surface area contributed by atoms with E-state index in [1.807, 2.05) is 0 Å². The monoisotopic (exact) mass is 334 g/mol. The summed E-state index contributed by atoms with van der Waals surface area (Å²) < 4.78 is 42.8. The lowest BCUT2D eigenvalue weighted by Crippen LogP contribution is -1.96. The van der Waals surface area contributed by atoms with E-state index in [-0.39, 0.29) is 11.6 Å². The fourth-order valence-electron chi connectivity index (χ4n) is 2.15. The number of ether oxygens (including phenoxy) is 3. The van der Waals surface area contributed by atoms with E-state index in [9.17, 15) is 13.9 Å². The van der Waals surface area contributed by atoms with E-state index in [4.69, 9.17) is 14.2 Å². The van der Waals surface area contributed by atoms with Gasteiger partial charge in [-0.3, -0.25) is 0 Å². The van der Waals surface area contributed by atoms with Crippen LogP contribution in [0.25, 0.3) is 10.9 Å². The summed E-state index contributed by atoms with van der Waals surface area (Å²) in [6, 6.07) is 5.13. The first-order chi connectivity index (χ1) is 11.5. The highest BCUT2D eigenvalue weighted by Crippen LogP contribution is 2.37. The van der Waals surface area contributed by atoms with Crippen LogP contribution in [-0.4, -0.2) is 29.3 Å². The molecule has 1 heterocycles. The normalized spacial score (nSPS) is 10.7. The van der Waals surface area contributed by atoms with Crippen LogP contribution in [0.5, 0.6) is 28.9 Å². The van der Waals surface area contributed by atoms with E-state index in [1.54, 1.807) is 12.1 Å². The summed E-state index contributed by atoms with van der Waals surface area (Å²) in [4.78, 5) is 8.05. The quantitative estimate of drug-likeness (QED) is 0.788. The van der Waals surface area contributed by atoms with Gasteiger partial charge in [0, 0.05) is 6.07 Å². The molecule has 0 amide bonds. The van der Waals surface area contributed by atoms with Gasteiger partial charge in [-0.1, -0.05) is 0 Å². The van der Waals surface area contributed by atoms with Gasteiger partial charge in [-0.2, -0.15) is 4.39 Å². The smallest absolute Gasteiger partial charge is 0.230 e. The van der Waals surface area contributed by atoms with Crippen LogP contribution in [-0.2, 0) is 0 Å². The number of rotatable bonds is 4. The standard InChI is InChI=1S/C16H12F2N2O4/c1-22-12-5-8-10(6-13(12)23-2)19-7-20-16(8)24-11-4-3-9(17)15(21)14(11)18/h3-7,21H,1-2H3. The summed E-state index contributed by atoms with van der Waals surface area (Å²) in [6.45, 7) is 0. The van der Waals surface area contributed by atoms with Crippen molar-refractivity contribution >= 4 is 10.9 Å². The van der Waals surface area contributed by atoms with Crippen LogP contribution in [0.1, 0.15) is 0 Å². The van der Waals surface area contributed by atoms with Crippen molar-refractivity contribution in [3.63, 3.8) is 0 Å². The minimum atomic E-state index is -1.22. The first kappa shape index (κ1) is 15.7. The average Bonchev–Trinajstić information content (AvgIpc) is 2.61. The molecule has 0 aliphatic carbocycles. The van der Waals surface area contributed by atoms with Crippen LogP contribution < -0.4 is 14.2 Å². The fraction of sp³-hybridized carbons (Fsp3) is 0.125. The molecular weight excluding hydrogens is 322 g/mol. The Morgan fingerprint density at radius 3 is 2.38 bits per heavy atom. The minimum absolute atomic E-state index is 0.0193. The number of nitrogens with zero attached hydrogens (tertiary/aromatic N) is 2. The second kappa shape index (κ2) is 6.15. The lowest BCUT2D eigenvalue weighted by atomic mass is 10.2. The van der Waals surface area contributed by atoms with Crippen LogP contribution in [0.4, 0.5) is 8.78 Å². The van der Waals surface area contributed by atoms with Gasteiger partial charge in [-0.15, -0.1) is 0 Å². The number of hydrogen-bond acceptors (Lipinski definition) is 6. The molecule has 0 unspecified atom stereocenters. The number of aromatic hydroxyl groups is 1. The maximum atomic E-state index is 13.9. The third kappa shape index (κ3) is 2.62. The van der Waals surface area contributed by atoms with Crippen molar-refractivity contribution in [2.75, 3.05) is 14.2 Å². The third-order valence-corrected chi connectivity index (χ3v) is 3.34. The summed E-state index contributed by atoms with van der Waals surface area (Å²) in [5.41, 5.74) is 0.476. The Morgan fingerprint density at radius 1 is 0.958 bits per heavy atom. The van der Waals surface area contributed by atoms with Gasteiger partial charge in [0.1, 0.15) is 6.33 Å². The Balaban J connectivity index is 2.12. The molecule has 2 aromatic carbocycles. The number of phenols is 1. The zero-order chi connectivity index (χ0) is 17.3.